The summed E-state index contributed by atoms with van der Waals surface area (Å²) in [6.07, 6.45) is 7.57. The maximum atomic E-state index is 5.04. The minimum Gasteiger partial charge on any atom is -0.348 e. The highest BCUT2D eigenvalue weighted by molar-refractivity contribution is 7.15. The Morgan fingerprint density at radius 2 is 2.10 bits per heavy atom. The van der Waals surface area contributed by atoms with E-state index in [9.17, 15) is 0 Å². The molecule has 0 amide bonds. The normalized spacial score (nSPS) is 24.9. The molecular formula is C17H29N3S. The summed E-state index contributed by atoms with van der Waals surface area (Å²) in [5, 5.41) is 4.96. The van der Waals surface area contributed by atoms with Gasteiger partial charge in [0.1, 0.15) is 0 Å². The zero-order chi connectivity index (χ0) is 14.9. The molecule has 1 aromatic heterocycles. The molecule has 3 rings (SSSR count). The van der Waals surface area contributed by atoms with Crippen molar-refractivity contribution in [2.45, 2.75) is 65.3 Å². The third-order valence-corrected chi connectivity index (χ3v) is 6.16. The van der Waals surface area contributed by atoms with Crippen molar-refractivity contribution in [3.8, 4) is 0 Å². The lowest BCUT2D eigenvalue weighted by molar-refractivity contribution is 0.279. The molecule has 2 aliphatic rings. The van der Waals surface area contributed by atoms with Crippen LogP contribution in [0.3, 0.4) is 0 Å². The quantitative estimate of drug-likeness (QED) is 0.906. The highest BCUT2D eigenvalue weighted by Gasteiger charge is 2.29. The number of anilines is 1. The number of hydrogen-bond donors (Lipinski definition) is 1. The number of thiazole rings is 1. The number of rotatable bonds is 4. The van der Waals surface area contributed by atoms with E-state index in [0.29, 0.717) is 11.5 Å². The van der Waals surface area contributed by atoms with Crippen LogP contribution in [0.1, 0.15) is 69.5 Å². The molecule has 0 spiro atoms. The van der Waals surface area contributed by atoms with Crippen LogP contribution in [0.25, 0.3) is 0 Å². The van der Waals surface area contributed by atoms with Crippen molar-refractivity contribution >= 4 is 16.5 Å². The molecule has 1 atom stereocenters. The Bertz CT molecular complexity index is 470. The molecule has 3 nitrogen and oxygen atoms in total. The molecule has 1 aromatic rings. The Balaban J connectivity index is 1.72. The first-order chi connectivity index (χ1) is 10.1. The fourth-order valence-corrected chi connectivity index (χ4v) is 4.58. The van der Waals surface area contributed by atoms with Gasteiger partial charge in [-0.05, 0) is 50.5 Å². The lowest BCUT2D eigenvalue weighted by Crippen LogP contribution is -2.37. The van der Waals surface area contributed by atoms with Crippen LogP contribution in [-0.2, 0) is 6.42 Å². The van der Waals surface area contributed by atoms with Crippen molar-refractivity contribution in [1.29, 1.82) is 0 Å². The maximum absolute atomic E-state index is 5.04. The van der Waals surface area contributed by atoms with Gasteiger partial charge in [0, 0.05) is 18.0 Å². The van der Waals surface area contributed by atoms with E-state index in [1.807, 2.05) is 11.3 Å². The summed E-state index contributed by atoms with van der Waals surface area (Å²) >= 11 is 1.95. The summed E-state index contributed by atoms with van der Waals surface area (Å²) < 4.78 is 0. The smallest absolute Gasteiger partial charge is 0.185 e. The molecular weight excluding hydrogens is 278 g/mol. The van der Waals surface area contributed by atoms with Crippen LogP contribution in [0.15, 0.2) is 0 Å². The summed E-state index contributed by atoms with van der Waals surface area (Å²) in [7, 11) is 0. The molecule has 1 unspecified atom stereocenters. The van der Waals surface area contributed by atoms with Crippen LogP contribution in [0.5, 0.6) is 0 Å². The molecule has 1 saturated heterocycles. The molecule has 0 aromatic carbocycles. The van der Waals surface area contributed by atoms with Crippen LogP contribution < -0.4 is 10.2 Å². The largest absolute Gasteiger partial charge is 0.348 e. The van der Waals surface area contributed by atoms with E-state index in [0.717, 1.165) is 6.54 Å². The average molecular weight is 308 g/mol. The van der Waals surface area contributed by atoms with Crippen LogP contribution in [0.2, 0.25) is 0 Å². The summed E-state index contributed by atoms with van der Waals surface area (Å²) in [4.78, 5) is 9.09. The Labute approximate surface area is 133 Å². The van der Waals surface area contributed by atoms with Crippen molar-refractivity contribution in [1.82, 2.24) is 10.3 Å². The number of nitrogens with one attached hydrogen (secondary N) is 1. The highest BCUT2D eigenvalue weighted by Crippen LogP contribution is 2.39. The van der Waals surface area contributed by atoms with E-state index < -0.39 is 0 Å². The predicted molar refractivity (Wildman–Crippen MR) is 91.3 cm³/mol. The third kappa shape index (κ3) is 3.42. The fourth-order valence-electron chi connectivity index (χ4n) is 3.36. The molecule has 0 saturated carbocycles. The van der Waals surface area contributed by atoms with Gasteiger partial charge in [0.2, 0.25) is 0 Å². The predicted octanol–water partition coefficient (Wildman–Crippen LogP) is 4.15. The van der Waals surface area contributed by atoms with Crippen molar-refractivity contribution in [2.24, 2.45) is 5.41 Å². The van der Waals surface area contributed by atoms with Gasteiger partial charge in [0.15, 0.2) is 5.13 Å². The van der Waals surface area contributed by atoms with Crippen molar-refractivity contribution in [3.05, 3.63) is 10.6 Å². The number of aromatic nitrogens is 1. The van der Waals surface area contributed by atoms with E-state index in [1.165, 1.54) is 67.3 Å². The Hall–Kier alpha value is -0.610. The van der Waals surface area contributed by atoms with Gasteiger partial charge in [-0.2, -0.15) is 0 Å². The number of aryl methyl sites for hydroxylation is 1. The van der Waals surface area contributed by atoms with Crippen molar-refractivity contribution in [3.63, 3.8) is 0 Å². The first-order valence-corrected chi connectivity index (χ1v) is 9.38. The third-order valence-electron chi connectivity index (χ3n) is 4.97. The van der Waals surface area contributed by atoms with Gasteiger partial charge in [-0.25, -0.2) is 4.98 Å². The van der Waals surface area contributed by atoms with Crippen molar-refractivity contribution in [2.75, 3.05) is 24.5 Å². The van der Waals surface area contributed by atoms with Crippen molar-refractivity contribution < 1.29 is 0 Å². The fraction of sp³-hybridized carbons (Fsp3) is 0.824. The van der Waals surface area contributed by atoms with Gasteiger partial charge >= 0.3 is 0 Å². The molecule has 21 heavy (non-hydrogen) atoms. The zero-order valence-electron chi connectivity index (χ0n) is 13.7. The average Bonchev–Trinajstić information content (AvgIpc) is 2.89. The van der Waals surface area contributed by atoms with Crippen LogP contribution in [0, 0.1) is 5.41 Å². The summed E-state index contributed by atoms with van der Waals surface area (Å²) in [6.45, 7) is 10.5. The summed E-state index contributed by atoms with van der Waals surface area (Å²) in [5.74, 6) is 0. The monoisotopic (exact) mass is 307 g/mol. The molecule has 1 fully saturated rings. The SMILES string of the molecule is CCCNC1CCCc2sc(N3CCC(C)(C)CC3)nc21. The molecule has 0 radical (unpaired) electrons. The van der Waals surface area contributed by atoms with E-state index in [1.54, 1.807) is 0 Å². The van der Waals surface area contributed by atoms with Gasteiger partial charge in [0.25, 0.3) is 0 Å². The number of piperidine rings is 1. The van der Waals surface area contributed by atoms with Gasteiger partial charge in [0.05, 0.1) is 11.7 Å². The Morgan fingerprint density at radius 1 is 1.33 bits per heavy atom. The molecule has 1 aliphatic carbocycles. The molecule has 118 valence electrons. The minimum absolute atomic E-state index is 0.500. The van der Waals surface area contributed by atoms with Crippen LogP contribution >= 0.6 is 11.3 Å². The molecule has 1 aliphatic heterocycles. The lowest BCUT2D eigenvalue weighted by atomic mass is 9.83. The van der Waals surface area contributed by atoms with E-state index >= 15 is 0 Å². The van der Waals surface area contributed by atoms with E-state index in [2.05, 4.69) is 31.0 Å². The first kappa shape index (κ1) is 15.3. The second-order valence-electron chi connectivity index (χ2n) is 7.36. The lowest BCUT2D eigenvalue weighted by Gasteiger charge is -2.36. The van der Waals surface area contributed by atoms with Crippen LogP contribution in [-0.4, -0.2) is 24.6 Å². The Morgan fingerprint density at radius 3 is 2.81 bits per heavy atom. The van der Waals surface area contributed by atoms with E-state index in [-0.39, 0.29) is 0 Å². The van der Waals surface area contributed by atoms with Gasteiger partial charge < -0.3 is 10.2 Å². The molecule has 2 heterocycles. The Kier molecular flexibility index (Phi) is 4.55. The molecule has 0 bridgehead atoms. The second-order valence-corrected chi connectivity index (χ2v) is 8.42. The summed E-state index contributed by atoms with van der Waals surface area (Å²) in [6, 6.07) is 0.500. The standard InChI is InChI=1S/C17H29N3S/c1-4-10-18-13-6-5-7-14-15(13)19-16(21-14)20-11-8-17(2,3)9-12-20/h13,18H,4-12H2,1-3H3. The number of fused-ring (bicyclic) bond motifs is 1. The van der Waals surface area contributed by atoms with Crippen LogP contribution in [0.4, 0.5) is 5.13 Å². The van der Waals surface area contributed by atoms with Gasteiger partial charge in [-0.15, -0.1) is 11.3 Å². The van der Waals surface area contributed by atoms with Gasteiger partial charge in [-0.1, -0.05) is 20.8 Å². The zero-order valence-corrected chi connectivity index (χ0v) is 14.6. The minimum atomic E-state index is 0.500. The second kappa shape index (κ2) is 6.25. The topological polar surface area (TPSA) is 28.2 Å². The maximum Gasteiger partial charge on any atom is 0.185 e. The summed E-state index contributed by atoms with van der Waals surface area (Å²) in [5.41, 5.74) is 1.87. The number of nitrogens with zero attached hydrogens (tertiary/aromatic N) is 2. The van der Waals surface area contributed by atoms with E-state index in [4.69, 9.17) is 4.98 Å². The van der Waals surface area contributed by atoms with Gasteiger partial charge in [-0.3, -0.25) is 0 Å². The first-order valence-electron chi connectivity index (χ1n) is 8.57. The number of hydrogen-bond acceptors (Lipinski definition) is 4. The molecule has 1 N–H and O–H groups in total. The highest BCUT2D eigenvalue weighted by atomic mass is 32.1. The molecule has 4 heteroatoms.